The number of aliphatic imine (C=N–C) groups is 1. The number of likely N-dealkylation sites (tertiary alicyclic amines) is 1. The van der Waals surface area contributed by atoms with Crippen LogP contribution >= 0.6 is 0 Å². The van der Waals surface area contributed by atoms with Crippen LogP contribution in [0, 0.1) is 5.92 Å². The standard InChI is InChI=1S/C31H45N5O2.C3H8.CH3NO/c1-7-12-25-21-36(26-14-9-10-15-26)30(28(8-2)35(5)31(25)37)33-22(3)32-27-17-16-23(19-29(27)38-6)24-13-11-18-34(4)20-24;1-3-2;2-1-3/h7-8,16-17,19,24-26,32H,1,3,9-15,18,20-21H2,2,4-6H3;3H2,1-2H3;1H,(H2,2,3)/b28-8+,33-30+;;. The zero-order valence-corrected chi connectivity index (χ0v) is 28.0. The van der Waals surface area contributed by atoms with Crippen molar-refractivity contribution in [1.82, 2.24) is 14.7 Å². The van der Waals surface area contributed by atoms with Crippen LogP contribution in [-0.4, -0.2) is 79.7 Å². The molecule has 3 fully saturated rings. The first-order valence-corrected chi connectivity index (χ1v) is 16.1. The molecule has 2 atom stereocenters. The highest BCUT2D eigenvalue weighted by Crippen LogP contribution is 2.34. The van der Waals surface area contributed by atoms with E-state index >= 15 is 0 Å². The van der Waals surface area contributed by atoms with Crippen LogP contribution < -0.4 is 15.8 Å². The SMILES string of the molecule is C=CCC1CN(C2CCCC2)C(=N/C(=C)Nc2ccc(C3CCCN(C)C3)cc2OC)/C(=C\C)N(C)C1=O.CCC.NC=O. The fourth-order valence-electron chi connectivity index (χ4n) is 6.27. The summed E-state index contributed by atoms with van der Waals surface area (Å²) in [5.74, 6) is 2.59. The average molecular weight is 609 g/mol. The van der Waals surface area contributed by atoms with Crippen molar-refractivity contribution in [3.8, 4) is 5.75 Å². The maximum atomic E-state index is 13.4. The lowest BCUT2D eigenvalue weighted by atomic mass is 9.90. The van der Waals surface area contributed by atoms with Crippen molar-refractivity contribution in [1.29, 1.82) is 0 Å². The minimum absolute atomic E-state index is 0.107. The predicted octanol–water partition coefficient (Wildman–Crippen LogP) is 6.12. The first-order chi connectivity index (χ1) is 21.2. The Labute approximate surface area is 265 Å². The highest BCUT2D eigenvalue weighted by atomic mass is 16.5. The van der Waals surface area contributed by atoms with E-state index in [1.807, 2.05) is 26.1 Å². The number of ether oxygens (including phenoxy) is 1. The number of rotatable bonds is 8. The summed E-state index contributed by atoms with van der Waals surface area (Å²) in [6, 6.07) is 6.77. The molecule has 1 aliphatic carbocycles. The maximum absolute atomic E-state index is 13.4. The summed E-state index contributed by atoms with van der Waals surface area (Å²) in [5, 5.41) is 3.40. The molecule has 2 unspecified atom stereocenters. The number of likely N-dealkylation sites (N-methyl/N-ethyl adjacent to an activating group) is 2. The van der Waals surface area contributed by atoms with Crippen LogP contribution in [0.5, 0.6) is 5.75 Å². The summed E-state index contributed by atoms with van der Waals surface area (Å²) in [6.07, 6.45) is 13.0. The number of hydrogen-bond acceptors (Lipinski definition) is 6. The fourth-order valence-corrected chi connectivity index (χ4v) is 6.27. The average Bonchev–Trinajstić information content (AvgIpc) is 3.52. The van der Waals surface area contributed by atoms with E-state index in [2.05, 4.69) is 73.1 Å². The van der Waals surface area contributed by atoms with Crippen LogP contribution in [0.3, 0.4) is 0 Å². The number of piperidine rings is 1. The zero-order chi connectivity index (χ0) is 32.6. The molecule has 3 aliphatic rings. The minimum Gasteiger partial charge on any atom is -0.495 e. The summed E-state index contributed by atoms with van der Waals surface area (Å²) in [5.41, 5.74) is 7.13. The van der Waals surface area contributed by atoms with Gasteiger partial charge in [0, 0.05) is 26.2 Å². The number of primary amides is 1. The molecular weight excluding hydrogens is 552 g/mol. The number of allylic oxidation sites excluding steroid dienone is 2. The molecule has 4 rings (SSSR count). The molecule has 2 amide bonds. The Hall–Kier alpha value is -3.59. The van der Waals surface area contributed by atoms with Gasteiger partial charge in [-0.05, 0) is 76.2 Å². The number of amides is 2. The van der Waals surface area contributed by atoms with Crippen LogP contribution in [0.25, 0.3) is 0 Å². The molecule has 1 aromatic rings. The first-order valence-electron chi connectivity index (χ1n) is 16.1. The molecule has 44 heavy (non-hydrogen) atoms. The van der Waals surface area contributed by atoms with Gasteiger partial charge in [-0.3, -0.25) is 9.59 Å². The van der Waals surface area contributed by atoms with E-state index in [1.165, 1.54) is 37.7 Å². The van der Waals surface area contributed by atoms with Crippen LogP contribution in [0.15, 0.2) is 60.0 Å². The highest BCUT2D eigenvalue weighted by Gasteiger charge is 2.37. The quantitative estimate of drug-likeness (QED) is 0.272. The zero-order valence-electron chi connectivity index (χ0n) is 28.0. The molecule has 2 aliphatic heterocycles. The number of nitrogens with one attached hydrogen (secondary N) is 1. The van der Waals surface area contributed by atoms with Crippen LogP contribution in [0.2, 0.25) is 0 Å². The van der Waals surface area contributed by atoms with E-state index < -0.39 is 0 Å². The fraction of sp³-hybridized carbons (Fsp3) is 0.571. The number of anilines is 1. The largest absolute Gasteiger partial charge is 0.495 e. The van der Waals surface area contributed by atoms with Gasteiger partial charge in [0.1, 0.15) is 11.6 Å². The number of benzene rings is 1. The van der Waals surface area contributed by atoms with Gasteiger partial charge in [-0.25, -0.2) is 4.99 Å². The van der Waals surface area contributed by atoms with Crippen molar-refractivity contribution >= 4 is 23.8 Å². The number of nitrogens with two attached hydrogens (primary N) is 1. The number of carbonyl (C=O) groups is 2. The van der Waals surface area contributed by atoms with Crippen molar-refractivity contribution < 1.29 is 14.3 Å². The second-order valence-corrected chi connectivity index (χ2v) is 11.8. The van der Waals surface area contributed by atoms with E-state index in [0.717, 1.165) is 48.9 Å². The molecule has 0 bridgehead atoms. The number of nitrogens with zero attached hydrogens (tertiary/aromatic N) is 4. The molecule has 0 radical (unpaired) electrons. The molecule has 2 saturated heterocycles. The number of amidine groups is 1. The number of methoxy groups -OCH3 is 1. The second-order valence-electron chi connectivity index (χ2n) is 11.8. The van der Waals surface area contributed by atoms with Crippen molar-refractivity contribution in [3.05, 3.63) is 60.6 Å². The lowest BCUT2D eigenvalue weighted by Crippen LogP contribution is -2.42. The third kappa shape index (κ3) is 9.97. The van der Waals surface area contributed by atoms with Crippen molar-refractivity contribution in [3.63, 3.8) is 0 Å². The van der Waals surface area contributed by atoms with Gasteiger partial charge in [0.2, 0.25) is 12.3 Å². The molecule has 9 heteroatoms. The van der Waals surface area contributed by atoms with Gasteiger partial charge in [-0.2, -0.15) is 0 Å². The Bertz CT molecular complexity index is 1160. The van der Waals surface area contributed by atoms with Crippen molar-refractivity contribution in [2.24, 2.45) is 16.6 Å². The normalized spacial score (nSPS) is 22.8. The third-order valence-electron chi connectivity index (χ3n) is 8.29. The Kier molecular flexibility index (Phi) is 15.8. The summed E-state index contributed by atoms with van der Waals surface area (Å²) < 4.78 is 5.78. The summed E-state index contributed by atoms with van der Waals surface area (Å²) in [6.45, 7) is 17.3. The smallest absolute Gasteiger partial charge is 0.232 e. The monoisotopic (exact) mass is 608 g/mol. The third-order valence-corrected chi connectivity index (χ3v) is 8.29. The molecule has 0 spiro atoms. The molecule has 0 aromatic heterocycles. The van der Waals surface area contributed by atoms with Gasteiger partial charge in [0.05, 0.1) is 24.4 Å². The van der Waals surface area contributed by atoms with E-state index in [1.54, 1.807) is 12.0 Å². The highest BCUT2D eigenvalue weighted by molar-refractivity contribution is 6.04. The Balaban J connectivity index is 0.00000104. The van der Waals surface area contributed by atoms with Crippen LogP contribution in [-0.2, 0) is 9.59 Å². The van der Waals surface area contributed by atoms with E-state index in [0.29, 0.717) is 30.7 Å². The van der Waals surface area contributed by atoms with Crippen LogP contribution in [0.1, 0.15) is 83.6 Å². The topological polar surface area (TPSA) is 104 Å². The minimum atomic E-state index is -0.145. The van der Waals surface area contributed by atoms with E-state index in [-0.39, 0.29) is 18.2 Å². The van der Waals surface area contributed by atoms with E-state index in [9.17, 15) is 4.79 Å². The molecule has 244 valence electrons. The molecular formula is C35H56N6O3. The van der Waals surface area contributed by atoms with Gasteiger partial charge >= 0.3 is 0 Å². The summed E-state index contributed by atoms with van der Waals surface area (Å²) in [4.78, 5) is 33.5. The lowest BCUT2D eigenvalue weighted by Gasteiger charge is -2.32. The molecule has 1 saturated carbocycles. The predicted molar refractivity (Wildman–Crippen MR) is 183 cm³/mol. The van der Waals surface area contributed by atoms with Gasteiger partial charge < -0.3 is 30.5 Å². The lowest BCUT2D eigenvalue weighted by molar-refractivity contribution is -0.131. The number of carbonyl (C=O) groups excluding carboxylic acids is 2. The van der Waals surface area contributed by atoms with Gasteiger partial charge in [-0.1, -0.05) is 57.9 Å². The molecule has 3 N–H and O–H groups in total. The summed E-state index contributed by atoms with van der Waals surface area (Å²) in [7, 11) is 5.74. The Morgan fingerprint density at radius 1 is 1.16 bits per heavy atom. The first kappa shape index (κ1) is 36.6. The number of hydrogen-bond donors (Lipinski definition) is 2. The maximum Gasteiger partial charge on any atom is 0.232 e. The molecule has 1 aromatic carbocycles. The second kappa shape index (κ2) is 18.9. The summed E-state index contributed by atoms with van der Waals surface area (Å²) >= 11 is 0. The van der Waals surface area contributed by atoms with Crippen molar-refractivity contribution in [2.45, 2.75) is 84.1 Å². The van der Waals surface area contributed by atoms with Gasteiger partial charge in [0.15, 0.2) is 5.84 Å². The Morgan fingerprint density at radius 2 is 1.82 bits per heavy atom. The van der Waals surface area contributed by atoms with Crippen molar-refractivity contribution in [2.75, 3.05) is 46.2 Å². The van der Waals surface area contributed by atoms with Gasteiger partial charge in [-0.15, -0.1) is 6.58 Å². The molecule has 9 nitrogen and oxygen atoms in total. The van der Waals surface area contributed by atoms with E-state index in [4.69, 9.17) is 14.5 Å². The molecule has 2 heterocycles. The van der Waals surface area contributed by atoms with Gasteiger partial charge in [0.25, 0.3) is 0 Å². The van der Waals surface area contributed by atoms with Crippen LogP contribution in [0.4, 0.5) is 5.69 Å². The Morgan fingerprint density at radius 3 is 2.39 bits per heavy atom.